The molecule has 0 spiro atoms. The van der Waals surface area contributed by atoms with Gasteiger partial charge in [-0.3, -0.25) is 4.79 Å². The lowest BCUT2D eigenvalue weighted by Gasteiger charge is -2.12. The minimum Gasteiger partial charge on any atom is -0.504 e. The Morgan fingerprint density at radius 1 is 0.392 bits per heavy atom. The number of carboxylic acids is 1. The molecule has 392 valence electrons. The summed E-state index contributed by atoms with van der Waals surface area (Å²) in [5.41, 5.74) is 8.57. The van der Waals surface area contributed by atoms with E-state index in [-0.39, 0.29) is 34.3 Å². The first-order valence-corrected chi connectivity index (χ1v) is 26.4. The molecule has 0 aromatic heterocycles. The Labute approximate surface area is 485 Å². The molecule has 0 radical (unpaired) electrons. The van der Waals surface area contributed by atoms with Crippen LogP contribution in [-0.4, -0.2) is 87.1 Å². The Morgan fingerprint density at radius 3 is 1.30 bits per heavy atom. The highest BCUT2D eigenvalue weighted by molar-refractivity contribution is 14.1. The van der Waals surface area contributed by atoms with Gasteiger partial charge in [0.15, 0.2) is 51.8 Å². The van der Waals surface area contributed by atoms with Crippen molar-refractivity contribution in [3.8, 4) is 63.2 Å². The molecule has 14 nitrogen and oxygen atoms in total. The lowest BCUT2D eigenvalue weighted by Crippen LogP contribution is -2.06. The van der Waals surface area contributed by atoms with E-state index in [1.165, 1.54) is 46.1 Å². The van der Waals surface area contributed by atoms with E-state index in [9.17, 15) is 30.0 Å². The summed E-state index contributed by atoms with van der Waals surface area (Å²) in [6, 6.07) is 30.0. The quantitative estimate of drug-likeness (QED) is 0.0391. The molecule has 18 heteroatoms. The minimum absolute atomic E-state index is 0.0800. The molecule has 0 aliphatic heterocycles. The molecule has 0 fully saturated rings. The van der Waals surface area contributed by atoms with Crippen LogP contribution in [0.15, 0.2) is 103 Å². The normalized spacial score (nSPS) is 10.2. The van der Waals surface area contributed by atoms with Crippen molar-refractivity contribution in [3.05, 3.63) is 173 Å². The number of carbonyl (C=O) groups is 2. The lowest BCUT2D eigenvalue weighted by molar-refractivity contribution is 0.0695. The van der Waals surface area contributed by atoms with Crippen molar-refractivity contribution in [2.45, 2.75) is 33.6 Å². The van der Waals surface area contributed by atoms with Gasteiger partial charge in [-0.05, 0) is 254 Å². The number of aromatic carboxylic acids is 1. The number of aryl methyl sites for hydroxylation is 3. The van der Waals surface area contributed by atoms with Crippen molar-refractivity contribution in [3.63, 3.8) is 0 Å². The fourth-order valence-electron chi connectivity index (χ4n) is 7.11. The summed E-state index contributed by atoms with van der Waals surface area (Å²) in [7, 11) is 11.2. The molecule has 0 saturated carbocycles. The fourth-order valence-corrected chi connectivity index (χ4v) is 10.3. The second kappa shape index (κ2) is 28.9. The summed E-state index contributed by atoms with van der Waals surface area (Å²) in [4.78, 5) is 23.5. The third kappa shape index (κ3) is 16.4. The monoisotopic (exact) mass is 1460 g/mol. The molecular formula is C56H56I4O14. The van der Waals surface area contributed by atoms with Crippen molar-refractivity contribution in [2.24, 2.45) is 0 Å². The van der Waals surface area contributed by atoms with Crippen LogP contribution >= 0.6 is 90.4 Å². The minimum atomic E-state index is -0.928. The molecule has 7 rings (SSSR count). The van der Waals surface area contributed by atoms with Gasteiger partial charge in [0, 0.05) is 25.4 Å². The van der Waals surface area contributed by atoms with E-state index in [4.69, 9.17) is 38.3 Å². The van der Waals surface area contributed by atoms with Crippen molar-refractivity contribution in [2.75, 3.05) is 49.8 Å². The van der Waals surface area contributed by atoms with Gasteiger partial charge in [0.05, 0.1) is 55.3 Å². The number of phenols is 4. The Balaban J connectivity index is 0.000000217. The molecule has 0 saturated heterocycles. The Bertz CT molecular complexity index is 3100. The highest BCUT2D eigenvalue weighted by atomic mass is 127. The number of hydrogen-bond acceptors (Lipinski definition) is 13. The van der Waals surface area contributed by atoms with Crippen LogP contribution in [0.2, 0.25) is 0 Å². The maximum absolute atomic E-state index is 12.8. The molecule has 0 unspecified atom stereocenters. The number of halogens is 4. The zero-order chi connectivity index (χ0) is 55.0. The Morgan fingerprint density at radius 2 is 0.784 bits per heavy atom. The molecule has 0 heterocycles. The predicted octanol–water partition coefficient (Wildman–Crippen LogP) is 13.1. The van der Waals surface area contributed by atoms with Crippen molar-refractivity contribution < 1.29 is 68.3 Å². The van der Waals surface area contributed by atoms with Crippen LogP contribution in [0, 0.1) is 35.1 Å². The Hall–Kier alpha value is -5.60. The summed E-state index contributed by atoms with van der Waals surface area (Å²) in [5, 5.41) is 46.2. The average Bonchev–Trinajstić information content (AvgIpc) is 3.37. The van der Waals surface area contributed by atoms with Crippen LogP contribution < -0.4 is 33.2 Å². The number of carboxylic acid groups (broad SMARTS) is 1. The first-order valence-electron chi connectivity index (χ1n) is 22.1. The van der Waals surface area contributed by atoms with Crippen LogP contribution in [-0.2, 0) is 12.8 Å². The number of carbonyl (C=O) groups excluding carboxylic acids is 1. The average molecular weight is 1460 g/mol. The van der Waals surface area contributed by atoms with E-state index < -0.39 is 5.97 Å². The van der Waals surface area contributed by atoms with E-state index in [0.717, 1.165) is 62.2 Å². The highest BCUT2D eigenvalue weighted by Crippen LogP contribution is 2.35. The smallest absolute Gasteiger partial charge is 0.336 e. The maximum Gasteiger partial charge on any atom is 0.336 e. The topological polar surface area (TPSA) is 200 Å². The van der Waals surface area contributed by atoms with Gasteiger partial charge in [-0.1, -0.05) is 12.1 Å². The second-order valence-electron chi connectivity index (χ2n) is 16.0. The zero-order valence-electron chi connectivity index (χ0n) is 42.2. The van der Waals surface area contributed by atoms with E-state index >= 15 is 0 Å². The highest BCUT2D eigenvalue weighted by Gasteiger charge is 2.18. The van der Waals surface area contributed by atoms with E-state index in [1.54, 1.807) is 85.1 Å². The number of benzene rings is 7. The largest absolute Gasteiger partial charge is 0.504 e. The van der Waals surface area contributed by atoms with Crippen LogP contribution in [0.5, 0.6) is 63.2 Å². The maximum atomic E-state index is 12.8. The summed E-state index contributed by atoms with van der Waals surface area (Å²) < 4.78 is 40.5. The van der Waals surface area contributed by atoms with Crippen molar-refractivity contribution >= 4 is 102 Å². The number of rotatable bonds is 14. The van der Waals surface area contributed by atoms with Crippen molar-refractivity contribution in [1.29, 1.82) is 0 Å². The lowest BCUT2D eigenvalue weighted by atomic mass is 10.0. The van der Waals surface area contributed by atoms with Gasteiger partial charge in [0.2, 0.25) is 0 Å². The standard InChI is InChI=1S/C17H17IO4.C17H19IO3.C13H11IO4.C9H9IO3/c1-10-7-13(18)12(9-15(10)21-3)17(19)11-5-6-14(20-2)16(8-11)22-4;1-11-7-14(18)13(10-16(11)20-3)8-12-5-6-15(19-2)17(9-12)21-4;14-9-6-13(18)12(17)5-8(9)3-7-1-2-10(15)11(16)4-7;1-5-3-7(10)6(9(11)12)4-8(5)13-2/h5-9H,1-4H3;5-7,9-10H,8H2,1-4H3;1-2,4-6,15-18H,3H2;3-4H,1-2H3,(H,11,12). The van der Waals surface area contributed by atoms with Crippen LogP contribution in [0.1, 0.15) is 65.2 Å². The number of hydrogen-bond donors (Lipinski definition) is 5. The molecule has 7 aromatic carbocycles. The third-order valence-electron chi connectivity index (χ3n) is 11.1. The molecule has 0 aliphatic rings. The van der Waals surface area contributed by atoms with Gasteiger partial charge in [0.25, 0.3) is 0 Å². The predicted molar refractivity (Wildman–Crippen MR) is 319 cm³/mol. The SMILES string of the molecule is COc1cc(C(=O)O)c(I)cc1C.COc1cc(C(=O)c2ccc(OC)c(OC)c2)c(I)cc1C.COc1cc(Cc2ccc(OC)c(OC)c2)c(I)cc1C.Oc1ccc(Cc2cc(O)c(O)cc2I)cc1O. The molecule has 0 atom stereocenters. The number of ether oxygens (including phenoxy) is 7. The third-order valence-corrected chi connectivity index (χ3v) is 14.9. The van der Waals surface area contributed by atoms with Gasteiger partial charge >= 0.3 is 5.97 Å². The zero-order valence-corrected chi connectivity index (χ0v) is 50.8. The molecule has 74 heavy (non-hydrogen) atoms. The molecule has 7 aromatic rings. The molecular weight excluding hydrogens is 1400 g/mol. The van der Waals surface area contributed by atoms with E-state index in [2.05, 4.69) is 92.9 Å². The number of ketones is 1. The first-order chi connectivity index (χ1) is 35.1. The molecule has 0 amide bonds. The summed E-state index contributed by atoms with van der Waals surface area (Å²) in [6.07, 6.45) is 1.31. The van der Waals surface area contributed by atoms with Gasteiger partial charge < -0.3 is 58.7 Å². The van der Waals surface area contributed by atoms with Crippen LogP contribution in [0.4, 0.5) is 0 Å². The summed E-state index contributed by atoms with van der Waals surface area (Å²) >= 11 is 8.59. The molecule has 0 aliphatic carbocycles. The van der Waals surface area contributed by atoms with Crippen molar-refractivity contribution in [1.82, 2.24) is 0 Å². The van der Waals surface area contributed by atoms with E-state index in [0.29, 0.717) is 40.5 Å². The van der Waals surface area contributed by atoms with Crippen LogP contribution in [0.25, 0.3) is 0 Å². The fraction of sp³-hybridized carbons (Fsp3) is 0.214. The first kappa shape index (κ1) is 61.0. The number of aromatic hydroxyl groups is 4. The van der Waals surface area contributed by atoms with Gasteiger partial charge in [-0.15, -0.1) is 0 Å². The van der Waals surface area contributed by atoms with Gasteiger partial charge in [0.1, 0.15) is 17.2 Å². The number of methoxy groups -OCH3 is 7. The van der Waals surface area contributed by atoms with Gasteiger partial charge in [-0.25, -0.2) is 4.79 Å². The van der Waals surface area contributed by atoms with Gasteiger partial charge in [-0.2, -0.15) is 0 Å². The Kier molecular flexibility index (Phi) is 23.8. The number of phenolic OH excluding ortho intramolecular Hbond substituents is 4. The van der Waals surface area contributed by atoms with E-state index in [1.807, 2.05) is 54.6 Å². The summed E-state index contributed by atoms with van der Waals surface area (Å²) in [5.74, 6) is 3.18. The second-order valence-corrected chi connectivity index (χ2v) is 20.7. The molecule has 5 N–H and O–H groups in total. The summed E-state index contributed by atoms with van der Waals surface area (Å²) in [6.45, 7) is 5.89. The van der Waals surface area contributed by atoms with Crippen LogP contribution in [0.3, 0.4) is 0 Å². The molecule has 0 bridgehead atoms.